The first-order valence-electron chi connectivity index (χ1n) is 8.71. The zero-order valence-electron chi connectivity index (χ0n) is 14.9. The second-order valence-electron chi connectivity index (χ2n) is 6.70. The second kappa shape index (κ2) is 7.17. The van der Waals surface area contributed by atoms with Gasteiger partial charge in [0.2, 0.25) is 0 Å². The van der Waals surface area contributed by atoms with Gasteiger partial charge in [-0.05, 0) is 24.3 Å². The third kappa shape index (κ3) is 3.36. The Morgan fingerprint density at radius 2 is 2.15 bits per heavy atom. The van der Waals surface area contributed by atoms with Crippen molar-refractivity contribution in [1.82, 2.24) is 19.4 Å². The highest BCUT2D eigenvalue weighted by Crippen LogP contribution is 2.30. The van der Waals surface area contributed by atoms with E-state index in [1.54, 1.807) is 29.4 Å². The van der Waals surface area contributed by atoms with Gasteiger partial charge in [0.25, 0.3) is 5.91 Å². The largest absolute Gasteiger partial charge is 0.481 e. The van der Waals surface area contributed by atoms with Crippen LogP contribution in [-0.2, 0) is 11.8 Å². The predicted molar refractivity (Wildman–Crippen MR) is 103 cm³/mol. The average Bonchev–Trinajstić information content (AvgIpc) is 3.26. The van der Waals surface area contributed by atoms with Crippen molar-refractivity contribution in [2.24, 2.45) is 12.8 Å². The lowest BCUT2D eigenvalue weighted by Gasteiger charge is -2.17. The van der Waals surface area contributed by atoms with E-state index in [2.05, 4.69) is 9.97 Å². The number of nitrogens with two attached hydrogens (primary N) is 1. The Morgan fingerprint density at radius 3 is 2.93 bits per heavy atom. The summed E-state index contributed by atoms with van der Waals surface area (Å²) in [6, 6.07) is 7.02. The lowest BCUT2D eigenvalue weighted by atomic mass is 10.0. The Kier molecular flexibility index (Phi) is 4.72. The van der Waals surface area contributed by atoms with Crippen molar-refractivity contribution < 1.29 is 9.53 Å². The number of halogens is 1. The normalized spacial score (nSPS) is 19.6. The van der Waals surface area contributed by atoms with E-state index in [4.69, 9.17) is 22.1 Å². The standard InChI is InChI=1S/C19H20ClN5O2/c1-24-8-7-23-19(24)13-9-25(10-15(13)21)17(26)11-27-16-5-4-14(20)12-3-2-6-22-18(12)16/h2-8,13,15H,9-11,21H2,1H3/t13-,15-/m1/s1. The Morgan fingerprint density at radius 1 is 1.30 bits per heavy atom. The molecule has 1 fully saturated rings. The van der Waals surface area contributed by atoms with Gasteiger partial charge in [-0.3, -0.25) is 9.78 Å². The van der Waals surface area contributed by atoms with E-state index >= 15 is 0 Å². The molecule has 7 nitrogen and oxygen atoms in total. The molecule has 27 heavy (non-hydrogen) atoms. The van der Waals surface area contributed by atoms with Gasteiger partial charge in [-0.15, -0.1) is 0 Å². The van der Waals surface area contributed by atoms with Crippen LogP contribution in [-0.4, -0.2) is 51.1 Å². The lowest BCUT2D eigenvalue weighted by molar-refractivity contribution is -0.132. The van der Waals surface area contributed by atoms with Crippen LogP contribution < -0.4 is 10.5 Å². The molecule has 1 amide bonds. The number of aryl methyl sites for hydroxylation is 1. The third-order valence-electron chi connectivity index (χ3n) is 4.94. The topological polar surface area (TPSA) is 86.3 Å². The van der Waals surface area contributed by atoms with E-state index in [1.807, 2.05) is 29.9 Å². The number of pyridine rings is 1. The van der Waals surface area contributed by atoms with Crippen molar-refractivity contribution in [3.05, 3.63) is 53.7 Å². The van der Waals surface area contributed by atoms with Crippen LogP contribution in [0.1, 0.15) is 11.7 Å². The smallest absolute Gasteiger partial charge is 0.260 e. The number of amides is 1. The number of imidazole rings is 1. The zero-order valence-corrected chi connectivity index (χ0v) is 15.6. The number of carbonyl (C=O) groups is 1. The van der Waals surface area contributed by atoms with Gasteiger partial charge in [0.05, 0.1) is 10.9 Å². The van der Waals surface area contributed by atoms with Crippen LogP contribution in [0.4, 0.5) is 0 Å². The van der Waals surface area contributed by atoms with Crippen molar-refractivity contribution >= 4 is 28.4 Å². The van der Waals surface area contributed by atoms with Crippen molar-refractivity contribution in [3.8, 4) is 5.75 Å². The molecule has 2 atom stereocenters. The van der Waals surface area contributed by atoms with E-state index in [1.165, 1.54) is 0 Å². The molecule has 1 aliphatic rings. The molecule has 1 aromatic carbocycles. The van der Waals surface area contributed by atoms with E-state index < -0.39 is 0 Å². The molecule has 8 heteroatoms. The Labute approximate surface area is 161 Å². The minimum Gasteiger partial charge on any atom is -0.481 e. The number of fused-ring (bicyclic) bond motifs is 1. The SMILES string of the molecule is Cn1ccnc1[C@@H]1CN(C(=O)COc2ccc(Cl)c3cccnc23)C[C@H]1N. The molecule has 0 radical (unpaired) electrons. The number of aromatic nitrogens is 3. The number of ether oxygens (including phenoxy) is 1. The molecule has 0 bridgehead atoms. The van der Waals surface area contributed by atoms with E-state index in [0.29, 0.717) is 29.4 Å². The first-order valence-corrected chi connectivity index (χ1v) is 9.09. The van der Waals surface area contributed by atoms with E-state index in [-0.39, 0.29) is 24.5 Å². The van der Waals surface area contributed by atoms with Gasteiger partial charge in [0, 0.05) is 50.2 Å². The van der Waals surface area contributed by atoms with Gasteiger partial charge in [0.1, 0.15) is 17.1 Å². The third-order valence-corrected chi connectivity index (χ3v) is 5.27. The highest BCUT2D eigenvalue weighted by molar-refractivity contribution is 6.35. The average molecular weight is 386 g/mol. The summed E-state index contributed by atoms with van der Waals surface area (Å²) in [5.74, 6) is 1.34. The fourth-order valence-electron chi connectivity index (χ4n) is 3.50. The molecule has 2 N–H and O–H groups in total. The Balaban J connectivity index is 1.45. The summed E-state index contributed by atoms with van der Waals surface area (Å²) in [7, 11) is 1.93. The molecular weight excluding hydrogens is 366 g/mol. The van der Waals surface area contributed by atoms with Crippen LogP contribution >= 0.6 is 11.6 Å². The summed E-state index contributed by atoms with van der Waals surface area (Å²) < 4.78 is 7.70. The fraction of sp³-hybridized carbons (Fsp3) is 0.316. The number of nitrogens with zero attached hydrogens (tertiary/aromatic N) is 4. The first kappa shape index (κ1) is 17.8. The Hall–Kier alpha value is -2.64. The monoisotopic (exact) mass is 385 g/mol. The molecule has 1 aliphatic heterocycles. The first-order chi connectivity index (χ1) is 13.0. The van der Waals surface area contributed by atoms with Crippen LogP contribution in [0.2, 0.25) is 5.02 Å². The number of likely N-dealkylation sites (tertiary alicyclic amines) is 1. The molecule has 0 aliphatic carbocycles. The molecule has 1 saturated heterocycles. The number of hydrogen-bond donors (Lipinski definition) is 1. The molecule has 140 valence electrons. The highest BCUT2D eigenvalue weighted by Gasteiger charge is 2.36. The van der Waals surface area contributed by atoms with Crippen LogP contribution in [0.3, 0.4) is 0 Å². The molecule has 0 unspecified atom stereocenters. The van der Waals surface area contributed by atoms with E-state index in [9.17, 15) is 4.79 Å². The van der Waals surface area contributed by atoms with Crippen LogP contribution in [0.5, 0.6) is 5.75 Å². The quantitative estimate of drug-likeness (QED) is 0.741. The van der Waals surface area contributed by atoms with Crippen molar-refractivity contribution in [3.63, 3.8) is 0 Å². The lowest BCUT2D eigenvalue weighted by Crippen LogP contribution is -2.35. The summed E-state index contributed by atoms with van der Waals surface area (Å²) in [4.78, 5) is 23.1. The molecule has 4 rings (SSSR count). The summed E-state index contributed by atoms with van der Waals surface area (Å²) in [6.45, 7) is 0.945. The maximum absolute atomic E-state index is 12.6. The van der Waals surface area contributed by atoms with Crippen molar-refractivity contribution in [1.29, 1.82) is 0 Å². The molecular formula is C19H20ClN5O2. The zero-order chi connectivity index (χ0) is 19.0. The minimum absolute atomic E-state index is 0.0204. The number of rotatable bonds is 4. The van der Waals surface area contributed by atoms with Gasteiger partial charge < -0.3 is 19.9 Å². The molecule has 0 spiro atoms. The summed E-state index contributed by atoms with van der Waals surface area (Å²) in [6.07, 6.45) is 5.30. The summed E-state index contributed by atoms with van der Waals surface area (Å²) in [5, 5.41) is 1.39. The summed E-state index contributed by atoms with van der Waals surface area (Å²) in [5.41, 5.74) is 6.89. The molecule has 0 saturated carbocycles. The predicted octanol–water partition coefficient (Wildman–Crippen LogP) is 1.95. The fourth-order valence-corrected chi connectivity index (χ4v) is 3.71. The van der Waals surface area contributed by atoms with Crippen LogP contribution in [0.25, 0.3) is 10.9 Å². The maximum atomic E-state index is 12.6. The summed E-state index contributed by atoms with van der Waals surface area (Å²) >= 11 is 6.20. The van der Waals surface area contributed by atoms with Gasteiger partial charge in [-0.25, -0.2) is 4.98 Å². The van der Waals surface area contributed by atoms with Crippen molar-refractivity contribution in [2.45, 2.75) is 12.0 Å². The number of carbonyl (C=O) groups excluding carboxylic acids is 1. The minimum atomic E-state index is -0.145. The second-order valence-corrected chi connectivity index (χ2v) is 7.11. The van der Waals surface area contributed by atoms with Gasteiger partial charge >= 0.3 is 0 Å². The number of benzene rings is 1. The van der Waals surface area contributed by atoms with Crippen molar-refractivity contribution in [2.75, 3.05) is 19.7 Å². The Bertz CT molecular complexity index is 989. The van der Waals surface area contributed by atoms with Gasteiger partial charge in [-0.1, -0.05) is 11.6 Å². The van der Waals surface area contributed by atoms with Gasteiger partial charge in [-0.2, -0.15) is 0 Å². The maximum Gasteiger partial charge on any atom is 0.260 e. The van der Waals surface area contributed by atoms with Crippen LogP contribution in [0, 0.1) is 0 Å². The molecule has 2 aromatic heterocycles. The highest BCUT2D eigenvalue weighted by atomic mass is 35.5. The molecule has 3 heterocycles. The van der Waals surface area contributed by atoms with Gasteiger partial charge in [0.15, 0.2) is 6.61 Å². The van der Waals surface area contributed by atoms with Crippen LogP contribution in [0.15, 0.2) is 42.9 Å². The number of hydrogen-bond acceptors (Lipinski definition) is 5. The molecule has 3 aromatic rings. The van der Waals surface area contributed by atoms with E-state index in [0.717, 1.165) is 11.2 Å².